The third kappa shape index (κ3) is 3.20. The lowest BCUT2D eigenvalue weighted by molar-refractivity contribution is 0.0935. The number of anilines is 1. The Hall–Kier alpha value is -2.95. The predicted molar refractivity (Wildman–Crippen MR) is 93.6 cm³/mol. The van der Waals surface area contributed by atoms with Gasteiger partial charge in [0.15, 0.2) is 11.5 Å². The molecule has 0 fully saturated rings. The van der Waals surface area contributed by atoms with Gasteiger partial charge < -0.3 is 20.1 Å². The molecule has 2 aromatic carbocycles. The normalized spacial score (nSPS) is 15.8. The summed E-state index contributed by atoms with van der Waals surface area (Å²) in [5.41, 5.74) is 3.27. The summed E-state index contributed by atoms with van der Waals surface area (Å²) in [4.78, 5) is 12.3. The first-order valence-electron chi connectivity index (χ1n) is 7.70. The number of carbonyl (C=O) groups is 1. The topological polar surface area (TPSA) is 59.6 Å². The Morgan fingerprint density at radius 2 is 1.96 bits per heavy atom. The molecule has 1 amide bonds. The van der Waals surface area contributed by atoms with E-state index in [9.17, 15) is 4.79 Å². The van der Waals surface area contributed by atoms with Crippen LogP contribution in [-0.2, 0) is 0 Å². The second-order valence-corrected chi connectivity index (χ2v) is 5.75. The first-order valence-corrected chi connectivity index (χ1v) is 7.70. The number of fused-ring (bicyclic) bond motifs is 1. The lowest BCUT2D eigenvalue weighted by atomic mass is 10.1. The number of hydrogen-bond acceptors (Lipinski definition) is 4. The molecule has 1 aliphatic rings. The molecule has 2 N–H and O–H groups in total. The fourth-order valence-electron chi connectivity index (χ4n) is 2.56. The van der Waals surface area contributed by atoms with Crippen molar-refractivity contribution < 1.29 is 14.3 Å². The molecule has 5 heteroatoms. The van der Waals surface area contributed by atoms with Gasteiger partial charge in [0.25, 0.3) is 5.91 Å². The van der Waals surface area contributed by atoms with Crippen molar-refractivity contribution in [2.75, 3.05) is 19.0 Å². The second-order valence-electron chi connectivity index (χ2n) is 5.75. The summed E-state index contributed by atoms with van der Waals surface area (Å²) in [7, 11) is 1.59. The fraction of sp³-hybridized carbons (Fsp3) is 0.211. The van der Waals surface area contributed by atoms with Gasteiger partial charge in [-0.2, -0.15) is 0 Å². The van der Waals surface area contributed by atoms with Crippen molar-refractivity contribution >= 4 is 11.6 Å². The number of para-hydroxylation sites is 1. The van der Waals surface area contributed by atoms with Crippen LogP contribution in [0.1, 0.15) is 29.0 Å². The standard InChI is InChI=1S/C19H20N2O3/c1-12(2)11-24-16-9-8-13(10-17(16)23-3)18-20-15-7-5-4-6-14(15)19(22)21-18/h4-10,18,20H,1,11H2,2-3H3,(H,21,22). The van der Waals surface area contributed by atoms with Crippen molar-refractivity contribution in [1.29, 1.82) is 0 Å². The lowest BCUT2D eigenvalue weighted by Crippen LogP contribution is -2.38. The summed E-state index contributed by atoms with van der Waals surface area (Å²) in [5.74, 6) is 1.16. The molecule has 1 heterocycles. The predicted octanol–water partition coefficient (Wildman–Crippen LogP) is 3.50. The van der Waals surface area contributed by atoms with Gasteiger partial charge in [-0.15, -0.1) is 0 Å². The number of amides is 1. The lowest BCUT2D eigenvalue weighted by Gasteiger charge is -2.28. The van der Waals surface area contributed by atoms with Gasteiger partial charge in [-0.3, -0.25) is 4.79 Å². The fourth-order valence-corrected chi connectivity index (χ4v) is 2.56. The number of benzene rings is 2. The van der Waals surface area contributed by atoms with Crippen molar-refractivity contribution in [3.05, 3.63) is 65.7 Å². The maximum atomic E-state index is 12.3. The van der Waals surface area contributed by atoms with Crippen molar-refractivity contribution in [3.63, 3.8) is 0 Å². The van der Waals surface area contributed by atoms with Crippen LogP contribution in [0.25, 0.3) is 0 Å². The molecule has 0 spiro atoms. The highest BCUT2D eigenvalue weighted by Crippen LogP contribution is 2.33. The molecule has 1 aliphatic heterocycles. The van der Waals surface area contributed by atoms with Gasteiger partial charge in [0.05, 0.1) is 12.7 Å². The smallest absolute Gasteiger partial charge is 0.255 e. The van der Waals surface area contributed by atoms with Crippen LogP contribution in [-0.4, -0.2) is 19.6 Å². The van der Waals surface area contributed by atoms with E-state index in [0.717, 1.165) is 16.8 Å². The Kier molecular flexibility index (Phi) is 4.42. The summed E-state index contributed by atoms with van der Waals surface area (Å²) in [6.45, 7) is 6.16. The van der Waals surface area contributed by atoms with E-state index in [-0.39, 0.29) is 12.1 Å². The van der Waals surface area contributed by atoms with Crippen molar-refractivity contribution in [2.45, 2.75) is 13.1 Å². The first kappa shape index (κ1) is 15.9. The van der Waals surface area contributed by atoms with E-state index in [1.165, 1.54) is 0 Å². The highest BCUT2D eigenvalue weighted by molar-refractivity contribution is 6.01. The van der Waals surface area contributed by atoms with Gasteiger partial charge in [-0.25, -0.2) is 0 Å². The summed E-state index contributed by atoms with van der Waals surface area (Å²) in [6.07, 6.45) is -0.323. The number of methoxy groups -OCH3 is 1. The van der Waals surface area contributed by atoms with E-state index in [1.807, 2.05) is 43.3 Å². The number of ether oxygens (including phenoxy) is 2. The SMILES string of the molecule is C=C(C)COc1ccc(C2NC(=O)c3ccccc3N2)cc1OC. The number of hydrogen-bond donors (Lipinski definition) is 2. The highest BCUT2D eigenvalue weighted by atomic mass is 16.5. The van der Waals surface area contributed by atoms with E-state index in [2.05, 4.69) is 17.2 Å². The van der Waals surface area contributed by atoms with Crippen LogP contribution in [0.2, 0.25) is 0 Å². The van der Waals surface area contributed by atoms with Gasteiger partial charge in [-0.1, -0.05) is 24.8 Å². The van der Waals surface area contributed by atoms with Crippen LogP contribution in [0, 0.1) is 0 Å². The Morgan fingerprint density at radius 1 is 1.17 bits per heavy atom. The van der Waals surface area contributed by atoms with E-state index in [0.29, 0.717) is 23.7 Å². The Balaban J connectivity index is 1.85. The minimum atomic E-state index is -0.323. The average molecular weight is 324 g/mol. The van der Waals surface area contributed by atoms with E-state index < -0.39 is 0 Å². The monoisotopic (exact) mass is 324 g/mol. The average Bonchev–Trinajstić information content (AvgIpc) is 2.59. The quantitative estimate of drug-likeness (QED) is 0.827. The van der Waals surface area contributed by atoms with E-state index in [1.54, 1.807) is 13.2 Å². The number of nitrogens with one attached hydrogen (secondary N) is 2. The molecule has 0 aromatic heterocycles. The van der Waals surface area contributed by atoms with E-state index >= 15 is 0 Å². The molecule has 0 saturated heterocycles. The van der Waals surface area contributed by atoms with Crippen molar-refractivity contribution in [3.8, 4) is 11.5 Å². The van der Waals surface area contributed by atoms with Gasteiger partial charge >= 0.3 is 0 Å². The molecule has 0 aliphatic carbocycles. The van der Waals surface area contributed by atoms with Crippen LogP contribution in [0.5, 0.6) is 11.5 Å². The summed E-state index contributed by atoms with van der Waals surface area (Å²) < 4.78 is 11.1. The largest absolute Gasteiger partial charge is 0.493 e. The molecule has 2 aromatic rings. The molecule has 124 valence electrons. The zero-order valence-electron chi connectivity index (χ0n) is 13.8. The van der Waals surface area contributed by atoms with Crippen LogP contribution in [0.15, 0.2) is 54.6 Å². The van der Waals surface area contributed by atoms with Gasteiger partial charge in [0, 0.05) is 5.69 Å². The zero-order chi connectivity index (χ0) is 17.1. The molecule has 5 nitrogen and oxygen atoms in total. The number of carbonyl (C=O) groups excluding carboxylic acids is 1. The molecular weight excluding hydrogens is 304 g/mol. The van der Waals surface area contributed by atoms with Crippen LogP contribution in [0.4, 0.5) is 5.69 Å². The van der Waals surface area contributed by atoms with Crippen molar-refractivity contribution in [2.24, 2.45) is 0 Å². The first-order chi connectivity index (χ1) is 11.6. The Labute approximate surface area is 141 Å². The van der Waals surface area contributed by atoms with Crippen molar-refractivity contribution in [1.82, 2.24) is 5.32 Å². The molecule has 0 radical (unpaired) electrons. The van der Waals surface area contributed by atoms with E-state index in [4.69, 9.17) is 9.47 Å². The third-order valence-corrected chi connectivity index (χ3v) is 3.74. The molecule has 1 atom stereocenters. The highest BCUT2D eigenvalue weighted by Gasteiger charge is 2.24. The minimum Gasteiger partial charge on any atom is -0.493 e. The molecule has 24 heavy (non-hydrogen) atoms. The molecule has 0 saturated carbocycles. The van der Waals surface area contributed by atoms with Gasteiger partial charge in [0.1, 0.15) is 12.8 Å². The number of rotatable bonds is 5. The van der Waals surface area contributed by atoms with Gasteiger partial charge in [0.2, 0.25) is 0 Å². The van der Waals surface area contributed by atoms with Crippen LogP contribution < -0.4 is 20.1 Å². The Bertz CT molecular complexity index is 786. The molecular formula is C19H20N2O3. The summed E-state index contributed by atoms with van der Waals surface area (Å²) >= 11 is 0. The van der Waals surface area contributed by atoms with Crippen LogP contribution in [0.3, 0.4) is 0 Å². The molecule has 3 rings (SSSR count). The molecule has 1 unspecified atom stereocenters. The maximum Gasteiger partial charge on any atom is 0.255 e. The zero-order valence-corrected chi connectivity index (χ0v) is 13.8. The molecule has 0 bridgehead atoms. The van der Waals surface area contributed by atoms with Gasteiger partial charge in [-0.05, 0) is 42.3 Å². The summed E-state index contributed by atoms with van der Waals surface area (Å²) in [5, 5.41) is 6.27. The maximum absolute atomic E-state index is 12.3. The van der Waals surface area contributed by atoms with Crippen LogP contribution >= 0.6 is 0 Å². The third-order valence-electron chi connectivity index (χ3n) is 3.74. The minimum absolute atomic E-state index is 0.101. The second kappa shape index (κ2) is 6.66. The summed E-state index contributed by atoms with van der Waals surface area (Å²) in [6, 6.07) is 13.0. The Morgan fingerprint density at radius 3 is 2.71 bits per heavy atom.